The van der Waals surface area contributed by atoms with Gasteiger partial charge in [-0.05, 0) is 44.0 Å². The van der Waals surface area contributed by atoms with E-state index < -0.39 is 5.97 Å². The van der Waals surface area contributed by atoms with E-state index in [1.54, 1.807) is 43.3 Å². The number of nitrogens with one attached hydrogen (secondary N) is 1. The van der Waals surface area contributed by atoms with Crippen LogP contribution in [0, 0.1) is 6.92 Å². The van der Waals surface area contributed by atoms with Gasteiger partial charge in [-0.1, -0.05) is 36.4 Å². The number of nitrogens with zero attached hydrogens (tertiary/aromatic N) is 1. The largest absolute Gasteiger partial charge is 0.484 e. The van der Waals surface area contributed by atoms with Crippen molar-refractivity contribution in [3.63, 3.8) is 0 Å². The van der Waals surface area contributed by atoms with Gasteiger partial charge in [-0.2, -0.15) is 5.10 Å². The lowest BCUT2D eigenvalue weighted by Gasteiger charge is -2.13. The van der Waals surface area contributed by atoms with Crippen LogP contribution < -0.4 is 14.9 Å². The van der Waals surface area contributed by atoms with Gasteiger partial charge in [0.05, 0.1) is 5.71 Å². The van der Waals surface area contributed by atoms with Crippen LogP contribution in [-0.2, 0) is 11.2 Å². The first-order valence-corrected chi connectivity index (χ1v) is 10.0. The summed E-state index contributed by atoms with van der Waals surface area (Å²) in [5.74, 6) is 0.962. The molecule has 1 N–H and O–H groups in total. The maximum Gasteiger partial charge on any atom is 0.379 e. The highest BCUT2D eigenvalue weighted by molar-refractivity contribution is 6.06. The van der Waals surface area contributed by atoms with Gasteiger partial charge in [-0.25, -0.2) is 10.2 Å². The quantitative estimate of drug-likeness (QED) is 0.371. The number of aryl methyl sites for hydroxylation is 1. The lowest BCUT2D eigenvalue weighted by molar-refractivity contribution is -0.123. The Labute approximate surface area is 179 Å². The van der Waals surface area contributed by atoms with Crippen LogP contribution in [0.3, 0.4) is 0 Å². The van der Waals surface area contributed by atoms with Crippen molar-refractivity contribution in [3.05, 3.63) is 83.3 Å². The minimum atomic E-state index is -0.558. The second-order valence-corrected chi connectivity index (χ2v) is 7.11. The second-order valence-electron chi connectivity index (χ2n) is 7.11. The SMILES string of the molecule is Cc1c(C(=O)Oc2ccccc2)oc2c1/C(=N/NC(=O)COc1ccccc1)CCC2. The maximum absolute atomic E-state index is 12.6. The number of fused-ring (bicyclic) bond motifs is 1. The number of esters is 1. The number of benzene rings is 2. The van der Waals surface area contributed by atoms with E-state index in [0.717, 1.165) is 12.0 Å². The van der Waals surface area contributed by atoms with E-state index in [1.165, 1.54) is 0 Å². The fourth-order valence-electron chi connectivity index (χ4n) is 3.44. The Morgan fingerprint density at radius 2 is 1.68 bits per heavy atom. The molecule has 31 heavy (non-hydrogen) atoms. The number of hydrazone groups is 1. The van der Waals surface area contributed by atoms with Crippen molar-refractivity contribution in [1.29, 1.82) is 0 Å². The molecule has 7 nitrogen and oxygen atoms in total. The lowest BCUT2D eigenvalue weighted by Crippen LogP contribution is -2.27. The summed E-state index contributed by atoms with van der Waals surface area (Å²) in [7, 11) is 0. The molecular weight excluding hydrogens is 396 g/mol. The van der Waals surface area contributed by atoms with Crippen LogP contribution >= 0.6 is 0 Å². The first-order chi connectivity index (χ1) is 15.1. The summed E-state index contributed by atoms with van der Waals surface area (Å²) in [6.07, 6.45) is 2.17. The van der Waals surface area contributed by atoms with Gasteiger partial charge in [-0.15, -0.1) is 0 Å². The third kappa shape index (κ3) is 4.83. The van der Waals surface area contributed by atoms with Crippen molar-refractivity contribution in [1.82, 2.24) is 5.43 Å². The molecule has 1 amide bonds. The minimum absolute atomic E-state index is 0.146. The molecule has 1 aliphatic rings. The number of hydrogen-bond acceptors (Lipinski definition) is 6. The fourth-order valence-corrected chi connectivity index (χ4v) is 3.44. The molecule has 0 unspecified atom stereocenters. The first-order valence-electron chi connectivity index (χ1n) is 10.0. The van der Waals surface area contributed by atoms with Crippen LogP contribution in [0.5, 0.6) is 11.5 Å². The van der Waals surface area contributed by atoms with Crippen molar-refractivity contribution >= 4 is 17.6 Å². The molecule has 0 radical (unpaired) electrons. The monoisotopic (exact) mass is 418 g/mol. The number of hydrogen-bond donors (Lipinski definition) is 1. The summed E-state index contributed by atoms with van der Waals surface area (Å²) in [5.41, 5.74) is 4.63. The average molecular weight is 418 g/mol. The number of carbonyl (C=O) groups is 2. The Morgan fingerprint density at radius 3 is 2.39 bits per heavy atom. The summed E-state index contributed by atoms with van der Waals surface area (Å²) < 4.78 is 16.7. The molecule has 1 aliphatic carbocycles. The Hall–Kier alpha value is -3.87. The van der Waals surface area contributed by atoms with Gasteiger partial charge in [-0.3, -0.25) is 4.79 Å². The Bertz CT molecular complexity index is 1100. The normalized spacial score (nSPS) is 14.0. The summed E-state index contributed by atoms with van der Waals surface area (Å²) in [6, 6.07) is 17.9. The van der Waals surface area contributed by atoms with E-state index in [0.29, 0.717) is 41.4 Å². The van der Waals surface area contributed by atoms with Crippen molar-refractivity contribution < 1.29 is 23.5 Å². The molecule has 2 aromatic carbocycles. The summed E-state index contributed by atoms with van der Waals surface area (Å²) in [5, 5.41) is 4.28. The topological polar surface area (TPSA) is 90.1 Å². The van der Waals surface area contributed by atoms with Crippen LogP contribution in [0.25, 0.3) is 0 Å². The molecule has 3 aromatic rings. The zero-order valence-electron chi connectivity index (χ0n) is 17.1. The van der Waals surface area contributed by atoms with Crippen LogP contribution in [0.15, 0.2) is 70.2 Å². The van der Waals surface area contributed by atoms with Crippen molar-refractivity contribution in [3.8, 4) is 11.5 Å². The first kappa shape index (κ1) is 20.4. The molecule has 1 aromatic heterocycles. The van der Waals surface area contributed by atoms with Crippen molar-refractivity contribution in [2.45, 2.75) is 26.2 Å². The Kier molecular flexibility index (Phi) is 6.12. The zero-order valence-corrected chi connectivity index (χ0v) is 17.1. The predicted octanol–water partition coefficient (Wildman–Crippen LogP) is 4.04. The average Bonchev–Trinajstić information content (AvgIpc) is 3.15. The molecule has 0 saturated carbocycles. The van der Waals surface area contributed by atoms with Gasteiger partial charge in [0.2, 0.25) is 5.76 Å². The highest BCUT2D eigenvalue weighted by Crippen LogP contribution is 2.30. The van der Waals surface area contributed by atoms with E-state index >= 15 is 0 Å². The van der Waals surface area contributed by atoms with Gasteiger partial charge in [0.15, 0.2) is 6.61 Å². The van der Waals surface area contributed by atoms with Crippen LogP contribution in [0.2, 0.25) is 0 Å². The molecule has 0 fully saturated rings. The molecule has 0 atom stereocenters. The van der Waals surface area contributed by atoms with Gasteiger partial charge >= 0.3 is 5.97 Å². The molecule has 0 saturated heterocycles. The summed E-state index contributed by atoms with van der Waals surface area (Å²) >= 11 is 0. The van der Waals surface area contributed by atoms with E-state index in [4.69, 9.17) is 13.9 Å². The van der Waals surface area contributed by atoms with Crippen LogP contribution in [0.4, 0.5) is 0 Å². The molecule has 0 aliphatic heterocycles. The number of carbonyl (C=O) groups excluding carboxylic acids is 2. The van der Waals surface area contributed by atoms with E-state index in [1.807, 2.05) is 24.3 Å². The number of ether oxygens (including phenoxy) is 2. The highest BCUT2D eigenvalue weighted by atomic mass is 16.5. The molecule has 158 valence electrons. The van der Waals surface area contributed by atoms with Crippen molar-refractivity contribution in [2.75, 3.05) is 6.61 Å². The number of furan rings is 1. The molecule has 0 spiro atoms. The molecule has 4 rings (SSSR count). The van der Waals surface area contributed by atoms with Crippen LogP contribution in [0.1, 0.15) is 40.3 Å². The minimum Gasteiger partial charge on any atom is -0.484 e. The van der Waals surface area contributed by atoms with Gasteiger partial charge in [0, 0.05) is 17.5 Å². The number of para-hydroxylation sites is 2. The third-order valence-electron chi connectivity index (χ3n) is 4.89. The summed E-state index contributed by atoms with van der Waals surface area (Å²) in [6.45, 7) is 1.65. The fraction of sp³-hybridized carbons (Fsp3) is 0.208. The van der Waals surface area contributed by atoms with Crippen molar-refractivity contribution in [2.24, 2.45) is 5.10 Å². The van der Waals surface area contributed by atoms with Gasteiger partial charge in [0.25, 0.3) is 5.91 Å². The molecule has 0 bridgehead atoms. The molecule has 1 heterocycles. The number of amides is 1. The smallest absolute Gasteiger partial charge is 0.379 e. The Morgan fingerprint density at radius 1 is 1.00 bits per heavy atom. The standard InChI is InChI=1S/C24H22N2O5/c1-16-22-19(25-26-21(27)15-29-17-9-4-2-5-10-17)13-8-14-20(22)31-23(16)24(28)30-18-11-6-3-7-12-18/h2-7,9-12H,8,13-15H2,1H3,(H,26,27)/b25-19+. The Balaban J connectivity index is 1.46. The third-order valence-corrected chi connectivity index (χ3v) is 4.89. The van der Waals surface area contributed by atoms with Crippen LogP contribution in [-0.4, -0.2) is 24.2 Å². The predicted molar refractivity (Wildman–Crippen MR) is 114 cm³/mol. The van der Waals surface area contributed by atoms with Gasteiger partial charge in [0.1, 0.15) is 17.3 Å². The number of rotatable bonds is 6. The molecule has 7 heteroatoms. The van der Waals surface area contributed by atoms with E-state index in [-0.39, 0.29) is 18.3 Å². The van der Waals surface area contributed by atoms with E-state index in [2.05, 4.69) is 10.5 Å². The van der Waals surface area contributed by atoms with E-state index in [9.17, 15) is 9.59 Å². The zero-order chi connectivity index (χ0) is 21.6. The maximum atomic E-state index is 12.6. The highest BCUT2D eigenvalue weighted by Gasteiger charge is 2.29. The second kappa shape index (κ2) is 9.30. The van der Waals surface area contributed by atoms with Gasteiger partial charge < -0.3 is 13.9 Å². The molecular formula is C24H22N2O5. The lowest BCUT2D eigenvalue weighted by atomic mass is 9.93. The summed E-state index contributed by atoms with van der Waals surface area (Å²) in [4.78, 5) is 24.7.